The normalized spacial score (nSPS) is 11.3. The van der Waals surface area contributed by atoms with Gasteiger partial charge in [0.1, 0.15) is 11.6 Å². The fourth-order valence-electron chi connectivity index (χ4n) is 2.51. The Balaban J connectivity index is 2.69. The van der Waals surface area contributed by atoms with Gasteiger partial charge < -0.3 is 9.72 Å². The minimum absolute atomic E-state index is 0.0218. The van der Waals surface area contributed by atoms with Gasteiger partial charge >= 0.3 is 5.97 Å². The number of H-pyrrole nitrogens is 1. The summed E-state index contributed by atoms with van der Waals surface area (Å²) in [5.41, 5.74) is 3.22. The van der Waals surface area contributed by atoms with Crippen molar-refractivity contribution in [2.75, 3.05) is 7.11 Å². The average molecular weight is 302 g/mol. The second-order valence-corrected chi connectivity index (χ2v) is 5.54. The Morgan fingerprint density at radius 2 is 2.00 bits per heavy atom. The molecule has 1 rings (SSSR count). The van der Waals surface area contributed by atoms with Crippen LogP contribution in [-0.4, -0.2) is 18.1 Å². The van der Waals surface area contributed by atoms with Crippen LogP contribution in [-0.2, 0) is 16.0 Å². The van der Waals surface area contributed by atoms with Crippen molar-refractivity contribution in [2.24, 2.45) is 0 Å². The van der Waals surface area contributed by atoms with Gasteiger partial charge in [-0.1, -0.05) is 39.0 Å². The summed E-state index contributed by atoms with van der Waals surface area (Å²) in [4.78, 5) is 14.6. The van der Waals surface area contributed by atoms with E-state index >= 15 is 0 Å². The molecule has 0 saturated carbocycles. The molecule has 1 aromatic rings. The van der Waals surface area contributed by atoms with Crippen molar-refractivity contribution in [1.82, 2.24) is 4.98 Å². The first-order valence-electron chi connectivity index (χ1n) is 8.01. The minimum Gasteiger partial charge on any atom is -0.465 e. The van der Waals surface area contributed by atoms with Crippen LogP contribution < -0.4 is 0 Å². The summed E-state index contributed by atoms with van der Waals surface area (Å²) in [6.45, 7) is 4.26. The van der Waals surface area contributed by atoms with E-state index < -0.39 is 5.97 Å². The number of carbonyl (C=O) groups excluding carboxylic acids is 1. The zero-order chi connectivity index (χ0) is 16.4. The fraction of sp³-hybridized carbons (Fsp3) is 0.556. The summed E-state index contributed by atoms with van der Waals surface area (Å²) in [6.07, 6.45) is 12.0. The third kappa shape index (κ3) is 5.40. The van der Waals surface area contributed by atoms with Gasteiger partial charge in [-0.2, -0.15) is 5.26 Å². The van der Waals surface area contributed by atoms with Crippen molar-refractivity contribution >= 4 is 12.0 Å². The number of nitriles is 1. The van der Waals surface area contributed by atoms with Crippen molar-refractivity contribution < 1.29 is 9.53 Å². The van der Waals surface area contributed by atoms with Gasteiger partial charge in [0.25, 0.3) is 0 Å². The van der Waals surface area contributed by atoms with Crippen molar-refractivity contribution in [3.05, 3.63) is 28.6 Å². The van der Waals surface area contributed by atoms with Gasteiger partial charge in [0.15, 0.2) is 0 Å². The van der Waals surface area contributed by atoms with Crippen molar-refractivity contribution in [3.63, 3.8) is 0 Å². The SMILES string of the molecule is CCCCCCCCc1c(C)c[nH]c1/C=C(\C#N)C(=O)OC. The molecule has 0 aromatic carbocycles. The maximum absolute atomic E-state index is 11.5. The number of methoxy groups -OCH3 is 1. The summed E-state index contributed by atoms with van der Waals surface area (Å²) in [7, 11) is 1.28. The topological polar surface area (TPSA) is 65.9 Å². The van der Waals surface area contributed by atoms with Gasteiger partial charge in [-0.3, -0.25) is 0 Å². The van der Waals surface area contributed by atoms with Crippen LogP contribution >= 0.6 is 0 Å². The summed E-state index contributed by atoms with van der Waals surface area (Å²) in [5.74, 6) is -0.597. The third-order valence-electron chi connectivity index (χ3n) is 3.84. The van der Waals surface area contributed by atoms with Gasteiger partial charge in [0, 0.05) is 11.9 Å². The lowest BCUT2D eigenvalue weighted by Crippen LogP contribution is -2.03. The largest absolute Gasteiger partial charge is 0.465 e. The third-order valence-corrected chi connectivity index (χ3v) is 3.84. The molecule has 120 valence electrons. The Labute approximate surface area is 133 Å². The second-order valence-electron chi connectivity index (χ2n) is 5.54. The quantitative estimate of drug-likeness (QED) is 0.320. The molecule has 4 heteroatoms. The predicted molar refractivity (Wildman–Crippen MR) is 88.2 cm³/mol. The smallest absolute Gasteiger partial charge is 0.348 e. The molecule has 1 N–H and O–H groups in total. The number of ether oxygens (including phenoxy) is 1. The molecule has 0 atom stereocenters. The van der Waals surface area contributed by atoms with Crippen LogP contribution in [0, 0.1) is 18.3 Å². The number of esters is 1. The van der Waals surface area contributed by atoms with Crippen LogP contribution in [0.3, 0.4) is 0 Å². The number of nitrogens with zero attached hydrogens (tertiary/aromatic N) is 1. The van der Waals surface area contributed by atoms with E-state index in [4.69, 9.17) is 5.26 Å². The lowest BCUT2D eigenvalue weighted by atomic mass is 10.0. The summed E-state index contributed by atoms with van der Waals surface area (Å²) >= 11 is 0. The number of hydrogen-bond acceptors (Lipinski definition) is 3. The Kier molecular flexibility index (Phi) is 8.06. The molecule has 0 amide bonds. The van der Waals surface area contributed by atoms with Crippen molar-refractivity contribution in [3.8, 4) is 6.07 Å². The first-order chi connectivity index (χ1) is 10.6. The number of nitrogens with one attached hydrogen (secondary N) is 1. The molecule has 0 aliphatic heterocycles. The van der Waals surface area contributed by atoms with E-state index in [1.54, 1.807) is 6.08 Å². The number of aromatic amines is 1. The van der Waals surface area contributed by atoms with Crippen LogP contribution in [0.2, 0.25) is 0 Å². The highest BCUT2D eigenvalue weighted by molar-refractivity contribution is 5.97. The molecule has 0 unspecified atom stereocenters. The maximum Gasteiger partial charge on any atom is 0.348 e. The average Bonchev–Trinajstić information content (AvgIpc) is 2.87. The summed E-state index contributed by atoms with van der Waals surface area (Å²) < 4.78 is 4.61. The summed E-state index contributed by atoms with van der Waals surface area (Å²) in [5, 5.41) is 9.05. The van der Waals surface area contributed by atoms with E-state index in [1.807, 2.05) is 19.2 Å². The second kappa shape index (κ2) is 9.83. The number of rotatable bonds is 9. The fourth-order valence-corrected chi connectivity index (χ4v) is 2.51. The van der Waals surface area contributed by atoms with E-state index in [0.717, 1.165) is 18.5 Å². The molecule has 4 nitrogen and oxygen atoms in total. The highest BCUT2D eigenvalue weighted by Gasteiger charge is 2.12. The molecule has 0 aliphatic carbocycles. The highest BCUT2D eigenvalue weighted by Crippen LogP contribution is 2.20. The zero-order valence-corrected chi connectivity index (χ0v) is 13.9. The number of aromatic nitrogens is 1. The minimum atomic E-state index is -0.597. The van der Waals surface area contributed by atoms with Gasteiger partial charge in [-0.05, 0) is 37.0 Å². The molecule has 0 spiro atoms. The van der Waals surface area contributed by atoms with Crippen LogP contribution in [0.5, 0.6) is 0 Å². The standard InChI is InChI=1S/C18H26N2O2/c1-4-5-6-7-8-9-10-16-14(2)13-20-17(16)11-15(12-19)18(21)22-3/h11,13,20H,4-10H2,1-3H3/b15-11+. The van der Waals surface area contributed by atoms with Gasteiger partial charge in [0.05, 0.1) is 7.11 Å². The molecule has 22 heavy (non-hydrogen) atoms. The summed E-state index contributed by atoms with van der Waals surface area (Å²) in [6, 6.07) is 1.89. The molecule has 1 heterocycles. The zero-order valence-electron chi connectivity index (χ0n) is 13.9. The monoisotopic (exact) mass is 302 g/mol. The van der Waals surface area contributed by atoms with E-state index in [1.165, 1.54) is 50.3 Å². The van der Waals surface area contributed by atoms with Crippen molar-refractivity contribution in [1.29, 1.82) is 5.26 Å². The molecular formula is C18H26N2O2. The van der Waals surface area contributed by atoms with E-state index in [2.05, 4.69) is 16.6 Å². The lowest BCUT2D eigenvalue weighted by Gasteiger charge is -2.04. The molecule has 1 aromatic heterocycles. The maximum atomic E-state index is 11.5. The van der Waals surface area contributed by atoms with E-state index in [9.17, 15) is 4.79 Å². The Morgan fingerprint density at radius 3 is 2.64 bits per heavy atom. The highest BCUT2D eigenvalue weighted by atomic mass is 16.5. The molecule has 0 saturated heterocycles. The molecule has 0 bridgehead atoms. The van der Waals surface area contributed by atoms with Crippen LogP contribution in [0.1, 0.15) is 62.3 Å². The lowest BCUT2D eigenvalue weighted by molar-refractivity contribution is -0.135. The number of hydrogen-bond donors (Lipinski definition) is 1. The van der Waals surface area contributed by atoms with E-state index in [0.29, 0.717) is 0 Å². The first-order valence-corrected chi connectivity index (χ1v) is 8.01. The van der Waals surface area contributed by atoms with Gasteiger partial charge in [-0.25, -0.2) is 4.79 Å². The Bertz CT molecular complexity index is 550. The van der Waals surface area contributed by atoms with Gasteiger partial charge in [0.2, 0.25) is 0 Å². The molecular weight excluding hydrogens is 276 g/mol. The Morgan fingerprint density at radius 1 is 1.32 bits per heavy atom. The van der Waals surface area contributed by atoms with Crippen LogP contribution in [0.4, 0.5) is 0 Å². The van der Waals surface area contributed by atoms with Crippen LogP contribution in [0.25, 0.3) is 6.08 Å². The predicted octanol–water partition coefficient (Wildman–Crippen LogP) is 4.31. The van der Waals surface area contributed by atoms with Crippen molar-refractivity contribution in [2.45, 2.75) is 58.8 Å². The van der Waals surface area contributed by atoms with Gasteiger partial charge in [-0.15, -0.1) is 0 Å². The first kappa shape index (κ1) is 18.0. The molecule has 0 fully saturated rings. The Hall–Kier alpha value is -2.02. The number of unbranched alkanes of at least 4 members (excludes halogenated alkanes) is 5. The molecule has 0 aliphatic rings. The number of aryl methyl sites for hydroxylation is 1. The van der Waals surface area contributed by atoms with Crippen LogP contribution in [0.15, 0.2) is 11.8 Å². The van der Waals surface area contributed by atoms with E-state index in [-0.39, 0.29) is 5.57 Å². The molecule has 0 radical (unpaired) electrons. The number of carbonyl (C=O) groups is 1.